The molecular weight excluding hydrogens is 131 g/mol. The smallest absolute Gasteiger partial charge is 0.0521 e. The minimum atomic E-state index is 1.19. The predicted octanol–water partition coefficient (Wildman–Crippen LogP) is 1.86. The van der Waals surface area contributed by atoms with Gasteiger partial charge in [-0.25, -0.2) is 0 Å². The molecule has 1 rings (SSSR count). The van der Waals surface area contributed by atoms with E-state index in [2.05, 4.69) is 14.5 Å². The highest BCUT2D eigenvalue weighted by molar-refractivity contribution is 7.14. The molecule has 0 aliphatic carbocycles. The van der Waals surface area contributed by atoms with Crippen LogP contribution in [0.4, 0.5) is 0 Å². The molecule has 0 amide bonds. The Morgan fingerprint density at radius 1 is 1.56 bits per heavy atom. The summed E-state index contributed by atoms with van der Waals surface area (Å²) >= 11 is 0. The molecule has 0 aromatic carbocycles. The van der Waals surface area contributed by atoms with E-state index in [1.807, 2.05) is 33.2 Å². The van der Waals surface area contributed by atoms with Crippen molar-refractivity contribution in [3.8, 4) is 0 Å². The zero-order valence-electron chi connectivity index (χ0n) is 6.13. The van der Waals surface area contributed by atoms with E-state index in [9.17, 15) is 0 Å². The number of aromatic nitrogens is 2. The van der Waals surface area contributed by atoms with Crippen molar-refractivity contribution in [3.63, 3.8) is 0 Å². The minimum Gasteiger partial charge on any atom is -0.258 e. The van der Waals surface area contributed by atoms with Crippen LogP contribution in [-0.4, -0.2) is 9.55 Å². The lowest BCUT2D eigenvalue weighted by atomic mass is 10.4. The average molecular weight is 144 g/mol. The summed E-state index contributed by atoms with van der Waals surface area (Å²) in [4.78, 5) is 0. The predicted molar refractivity (Wildman–Crippen MR) is 43.4 cm³/mol. The number of rotatable bonds is 0. The van der Waals surface area contributed by atoms with Crippen LogP contribution in [0.2, 0.25) is 0 Å². The van der Waals surface area contributed by atoms with Crippen molar-refractivity contribution in [3.05, 3.63) is 18.0 Å². The lowest BCUT2D eigenvalue weighted by Crippen LogP contribution is -1.72. The Hall–Kier alpha value is -0.360. The van der Waals surface area contributed by atoms with Gasteiger partial charge in [-0.3, -0.25) is 4.45 Å². The maximum absolute atomic E-state index is 3.90. The summed E-state index contributed by atoms with van der Waals surface area (Å²) in [6, 6.07) is 0. The van der Waals surface area contributed by atoms with E-state index < -0.39 is 0 Å². The first-order valence-electron chi connectivity index (χ1n) is 3.05. The molecule has 1 aromatic heterocycles. The van der Waals surface area contributed by atoms with E-state index in [1.165, 1.54) is 5.56 Å². The van der Waals surface area contributed by atoms with Gasteiger partial charge < -0.3 is 0 Å². The first-order chi connectivity index (χ1) is 4.29. The van der Waals surface area contributed by atoms with E-state index in [0.717, 1.165) is 0 Å². The van der Waals surface area contributed by atoms with Crippen molar-refractivity contribution in [1.82, 2.24) is 9.55 Å². The summed E-state index contributed by atoms with van der Waals surface area (Å²) < 4.78 is 1.70. The molecule has 1 unspecified atom stereocenters. The van der Waals surface area contributed by atoms with Crippen LogP contribution >= 0.6 is 9.39 Å². The van der Waals surface area contributed by atoms with Gasteiger partial charge in [-0.15, -0.1) is 0 Å². The Morgan fingerprint density at radius 3 is 2.22 bits per heavy atom. The molecule has 1 aromatic rings. The molecule has 0 fully saturated rings. The van der Waals surface area contributed by atoms with Crippen LogP contribution in [-0.2, 0) is 0 Å². The molecule has 1 atom stereocenters. The lowest BCUT2D eigenvalue weighted by molar-refractivity contribution is 1.01. The van der Waals surface area contributed by atoms with Gasteiger partial charge in [0, 0.05) is 6.20 Å². The quantitative estimate of drug-likeness (QED) is 0.508. The van der Waals surface area contributed by atoms with Crippen LogP contribution in [0.15, 0.2) is 12.4 Å². The summed E-state index contributed by atoms with van der Waals surface area (Å²) in [6.45, 7) is 6.01. The van der Waals surface area contributed by atoms with E-state index in [4.69, 9.17) is 0 Å². The highest BCUT2D eigenvalue weighted by Gasteiger charge is 1.81. The molecule has 0 N–H and O–H groups in total. The summed E-state index contributed by atoms with van der Waals surface area (Å²) in [7, 11) is 2.46. The van der Waals surface area contributed by atoms with Crippen LogP contribution < -0.4 is 0 Å². The minimum absolute atomic E-state index is 1.19. The fourth-order valence-corrected chi connectivity index (χ4v) is 0.735. The van der Waals surface area contributed by atoms with Crippen LogP contribution in [0, 0.1) is 6.92 Å². The van der Waals surface area contributed by atoms with Gasteiger partial charge in [0.05, 0.1) is 6.20 Å². The normalized spacial score (nSPS) is 8.00. The SMILES string of the molecule is CC.Cc1cnn(P)c1. The molecule has 1 heterocycles. The Morgan fingerprint density at radius 2 is 2.11 bits per heavy atom. The van der Waals surface area contributed by atoms with E-state index in [-0.39, 0.29) is 0 Å². The maximum atomic E-state index is 3.90. The highest BCUT2D eigenvalue weighted by atomic mass is 31.0. The Kier molecular flexibility index (Phi) is 4.33. The number of aryl methyl sites for hydroxylation is 1. The van der Waals surface area contributed by atoms with Gasteiger partial charge >= 0.3 is 0 Å². The van der Waals surface area contributed by atoms with Gasteiger partial charge in [0.1, 0.15) is 0 Å². The monoisotopic (exact) mass is 144 g/mol. The zero-order chi connectivity index (χ0) is 7.28. The Bertz CT molecular complexity index is 143. The molecule has 0 radical (unpaired) electrons. The van der Waals surface area contributed by atoms with Crippen molar-refractivity contribution in [1.29, 1.82) is 0 Å². The lowest BCUT2D eigenvalue weighted by Gasteiger charge is -1.78. The van der Waals surface area contributed by atoms with Crippen LogP contribution in [0.25, 0.3) is 0 Å². The topological polar surface area (TPSA) is 17.8 Å². The first-order valence-corrected chi connectivity index (χ1v) is 3.57. The van der Waals surface area contributed by atoms with Crippen LogP contribution in [0.5, 0.6) is 0 Å². The van der Waals surface area contributed by atoms with Crippen molar-refractivity contribution in [2.45, 2.75) is 20.8 Å². The van der Waals surface area contributed by atoms with Crippen molar-refractivity contribution < 1.29 is 0 Å². The van der Waals surface area contributed by atoms with Gasteiger partial charge in [0.15, 0.2) is 0 Å². The Balaban J connectivity index is 0.000000291. The third-order valence-corrected chi connectivity index (χ3v) is 1.01. The third-order valence-electron chi connectivity index (χ3n) is 0.731. The summed E-state index contributed by atoms with van der Waals surface area (Å²) in [5.74, 6) is 0. The van der Waals surface area contributed by atoms with E-state index in [0.29, 0.717) is 0 Å². The molecule has 2 nitrogen and oxygen atoms in total. The first kappa shape index (κ1) is 8.64. The van der Waals surface area contributed by atoms with Gasteiger partial charge in [0.25, 0.3) is 0 Å². The summed E-state index contributed by atoms with van der Waals surface area (Å²) in [5.41, 5.74) is 1.19. The zero-order valence-corrected chi connectivity index (χ0v) is 7.28. The summed E-state index contributed by atoms with van der Waals surface area (Å²) in [5, 5.41) is 3.90. The van der Waals surface area contributed by atoms with Gasteiger partial charge in [-0.05, 0) is 21.9 Å². The third kappa shape index (κ3) is 3.26. The number of hydrogen-bond donors (Lipinski definition) is 0. The number of nitrogens with zero attached hydrogens (tertiary/aromatic N) is 2. The Labute approximate surface area is 58.5 Å². The van der Waals surface area contributed by atoms with Gasteiger partial charge in [0.2, 0.25) is 0 Å². The van der Waals surface area contributed by atoms with Crippen LogP contribution in [0.1, 0.15) is 19.4 Å². The molecule has 0 bridgehead atoms. The standard InChI is InChI=1S/C4H7N2P.C2H6/c1-4-2-5-6(7)3-4;1-2/h2-3H,7H2,1H3;1-2H3. The van der Waals surface area contributed by atoms with Crippen molar-refractivity contribution >= 4 is 9.39 Å². The van der Waals surface area contributed by atoms with E-state index in [1.54, 1.807) is 4.45 Å². The molecule has 0 saturated heterocycles. The molecular formula is C6H13N2P. The molecule has 0 aliphatic rings. The highest BCUT2D eigenvalue weighted by Crippen LogP contribution is 1.95. The van der Waals surface area contributed by atoms with Crippen molar-refractivity contribution in [2.75, 3.05) is 0 Å². The molecule has 52 valence electrons. The van der Waals surface area contributed by atoms with Gasteiger partial charge in [-0.2, -0.15) is 5.10 Å². The fraction of sp³-hybridized carbons (Fsp3) is 0.500. The second kappa shape index (κ2) is 4.51. The molecule has 9 heavy (non-hydrogen) atoms. The molecule has 3 heteroatoms. The average Bonchev–Trinajstić information content (AvgIpc) is 2.20. The largest absolute Gasteiger partial charge is 0.258 e. The molecule has 0 saturated carbocycles. The van der Waals surface area contributed by atoms with Crippen LogP contribution in [0.3, 0.4) is 0 Å². The second-order valence-electron chi connectivity index (χ2n) is 1.50. The van der Waals surface area contributed by atoms with Gasteiger partial charge in [-0.1, -0.05) is 13.8 Å². The fourth-order valence-electron chi connectivity index (χ4n) is 0.433. The second-order valence-corrected chi connectivity index (χ2v) is 2.03. The number of hydrogen-bond acceptors (Lipinski definition) is 1. The molecule has 0 spiro atoms. The molecule has 0 aliphatic heterocycles. The van der Waals surface area contributed by atoms with E-state index >= 15 is 0 Å². The maximum Gasteiger partial charge on any atom is 0.0521 e. The summed E-state index contributed by atoms with van der Waals surface area (Å²) in [6.07, 6.45) is 3.75. The van der Waals surface area contributed by atoms with Crippen molar-refractivity contribution in [2.24, 2.45) is 0 Å².